The van der Waals surface area contributed by atoms with Crippen LogP contribution in [-0.4, -0.2) is 0 Å². The summed E-state index contributed by atoms with van der Waals surface area (Å²) in [6.07, 6.45) is 6.28. The Morgan fingerprint density at radius 3 is 2.09 bits per heavy atom. The average Bonchev–Trinajstić information content (AvgIpc) is 1.89. The second kappa shape index (κ2) is 12.0. The van der Waals surface area contributed by atoms with Crippen LogP contribution < -0.4 is 5.32 Å². The Hall–Kier alpha value is -0.720. The summed E-state index contributed by atoms with van der Waals surface area (Å²) in [5, 5.41) is 2.97. The molecule has 0 spiro atoms. The zero-order valence-electron chi connectivity index (χ0n) is 8.28. The Morgan fingerprint density at radius 1 is 1.36 bits per heavy atom. The maximum absolute atomic E-state index is 3.66. The summed E-state index contributed by atoms with van der Waals surface area (Å²) in [5.41, 5.74) is 0.981. The predicted molar refractivity (Wildman–Crippen MR) is 53.3 cm³/mol. The molecule has 0 aromatic heterocycles. The molecule has 0 aliphatic carbocycles. The lowest BCUT2D eigenvalue weighted by Gasteiger charge is -1.93. The van der Waals surface area contributed by atoms with Crippen LogP contribution in [0.2, 0.25) is 0 Å². The van der Waals surface area contributed by atoms with Crippen molar-refractivity contribution in [2.24, 2.45) is 0 Å². The highest BCUT2D eigenvalue weighted by molar-refractivity contribution is 4.92. The standard InChI is InChI=1S/C7H13N.C3H8/c1-4-5-6-8-7(2)3;1-3-2/h5-6,8H,2,4H2,1,3H3;3H2,1-2H3/b6-5-;. The van der Waals surface area contributed by atoms with Gasteiger partial charge in [0.15, 0.2) is 0 Å². The van der Waals surface area contributed by atoms with Crippen molar-refractivity contribution in [1.82, 2.24) is 5.32 Å². The van der Waals surface area contributed by atoms with E-state index in [1.807, 2.05) is 13.1 Å². The molecule has 1 N–H and O–H groups in total. The number of allylic oxidation sites excluding steroid dienone is 2. The lowest BCUT2D eigenvalue weighted by molar-refractivity contribution is 1.05. The molecule has 0 aromatic carbocycles. The third kappa shape index (κ3) is 26.8. The molecule has 0 amide bonds. The Kier molecular flexibility index (Phi) is 14.1. The molecule has 0 aromatic rings. The van der Waals surface area contributed by atoms with Crippen LogP contribution in [0.3, 0.4) is 0 Å². The van der Waals surface area contributed by atoms with Crippen LogP contribution in [0.5, 0.6) is 0 Å². The molecule has 0 atom stereocenters. The van der Waals surface area contributed by atoms with E-state index in [1.54, 1.807) is 0 Å². The van der Waals surface area contributed by atoms with Crippen LogP contribution in [0.15, 0.2) is 24.6 Å². The molecule has 0 unspecified atom stereocenters. The minimum atomic E-state index is 0.981. The van der Waals surface area contributed by atoms with Crippen molar-refractivity contribution in [3.8, 4) is 0 Å². The van der Waals surface area contributed by atoms with Crippen LogP contribution in [0.1, 0.15) is 40.5 Å². The lowest BCUT2D eigenvalue weighted by Crippen LogP contribution is -1.97. The summed E-state index contributed by atoms with van der Waals surface area (Å²) in [6, 6.07) is 0. The predicted octanol–water partition coefficient (Wildman–Crippen LogP) is 3.45. The molecule has 66 valence electrons. The number of rotatable bonds is 3. The third-order valence-electron chi connectivity index (χ3n) is 0.683. The fourth-order valence-corrected chi connectivity index (χ4v) is 0.319. The van der Waals surface area contributed by atoms with Gasteiger partial charge < -0.3 is 5.32 Å². The largest absolute Gasteiger partial charge is 0.366 e. The van der Waals surface area contributed by atoms with Gasteiger partial charge in [0.05, 0.1) is 0 Å². The van der Waals surface area contributed by atoms with Crippen LogP contribution in [0.4, 0.5) is 0 Å². The molecular weight excluding hydrogens is 134 g/mol. The maximum Gasteiger partial charge on any atom is 0.00419 e. The molecule has 0 aliphatic heterocycles. The van der Waals surface area contributed by atoms with E-state index in [1.165, 1.54) is 6.42 Å². The number of nitrogens with one attached hydrogen (secondary N) is 1. The van der Waals surface area contributed by atoms with Crippen molar-refractivity contribution in [2.75, 3.05) is 0 Å². The van der Waals surface area contributed by atoms with Gasteiger partial charge in [-0.1, -0.05) is 39.8 Å². The van der Waals surface area contributed by atoms with Gasteiger partial charge in [0.1, 0.15) is 0 Å². The van der Waals surface area contributed by atoms with Gasteiger partial charge in [0.25, 0.3) is 0 Å². The molecule has 0 aliphatic rings. The molecule has 1 nitrogen and oxygen atoms in total. The Labute approximate surface area is 71.2 Å². The Balaban J connectivity index is 0. The van der Waals surface area contributed by atoms with Gasteiger partial charge in [-0.05, 0) is 19.5 Å². The van der Waals surface area contributed by atoms with E-state index in [0.717, 1.165) is 12.1 Å². The smallest absolute Gasteiger partial charge is 0.00419 e. The van der Waals surface area contributed by atoms with Crippen LogP contribution >= 0.6 is 0 Å². The summed E-state index contributed by atoms with van der Waals surface area (Å²) in [6.45, 7) is 11.9. The van der Waals surface area contributed by atoms with Gasteiger partial charge in [0.2, 0.25) is 0 Å². The molecule has 0 saturated heterocycles. The van der Waals surface area contributed by atoms with Gasteiger partial charge in [-0.2, -0.15) is 0 Å². The number of hydrogen-bond donors (Lipinski definition) is 1. The van der Waals surface area contributed by atoms with E-state index in [-0.39, 0.29) is 0 Å². The molecule has 0 rings (SSSR count). The quantitative estimate of drug-likeness (QED) is 0.658. The minimum absolute atomic E-state index is 0.981. The van der Waals surface area contributed by atoms with Gasteiger partial charge in [-0.15, -0.1) is 0 Å². The third-order valence-corrected chi connectivity index (χ3v) is 0.683. The average molecular weight is 155 g/mol. The topological polar surface area (TPSA) is 12.0 Å². The zero-order valence-corrected chi connectivity index (χ0v) is 8.28. The second-order valence-electron chi connectivity index (χ2n) is 2.44. The minimum Gasteiger partial charge on any atom is -0.366 e. The molecule has 0 fully saturated rings. The van der Waals surface area contributed by atoms with E-state index in [4.69, 9.17) is 0 Å². The first-order valence-corrected chi connectivity index (χ1v) is 4.26. The molecule has 1 heteroatoms. The van der Waals surface area contributed by atoms with E-state index < -0.39 is 0 Å². The first-order chi connectivity index (χ1) is 5.18. The van der Waals surface area contributed by atoms with Crippen molar-refractivity contribution in [1.29, 1.82) is 0 Å². The van der Waals surface area contributed by atoms with Crippen LogP contribution in [-0.2, 0) is 0 Å². The fraction of sp³-hybridized carbons (Fsp3) is 0.600. The van der Waals surface area contributed by atoms with E-state index >= 15 is 0 Å². The molecule has 11 heavy (non-hydrogen) atoms. The first-order valence-electron chi connectivity index (χ1n) is 4.26. The Morgan fingerprint density at radius 2 is 1.82 bits per heavy atom. The van der Waals surface area contributed by atoms with Gasteiger partial charge in [0, 0.05) is 5.70 Å². The molecule has 0 bridgehead atoms. The zero-order chi connectivity index (χ0) is 9.11. The van der Waals surface area contributed by atoms with E-state index in [2.05, 4.69) is 38.7 Å². The van der Waals surface area contributed by atoms with Crippen molar-refractivity contribution < 1.29 is 0 Å². The maximum atomic E-state index is 3.66. The van der Waals surface area contributed by atoms with Crippen molar-refractivity contribution in [2.45, 2.75) is 40.5 Å². The lowest BCUT2D eigenvalue weighted by atomic mass is 10.4. The normalized spacial score (nSPS) is 8.73. The van der Waals surface area contributed by atoms with Crippen molar-refractivity contribution in [3.05, 3.63) is 24.6 Å². The van der Waals surface area contributed by atoms with Crippen LogP contribution in [0, 0.1) is 0 Å². The SMILES string of the molecule is C=C(C)N/C=C\CC.CCC. The summed E-state index contributed by atoms with van der Waals surface area (Å²) < 4.78 is 0. The summed E-state index contributed by atoms with van der Waals surface area (Å²) in [7, 11) is 0. The van der Waals surface area contributed by atoms with Crippen molar-refractivity contribution >= 4 is 0 Å². The molecular formula is C10H21N. The van der Waals surface area contributed by atoms with E-state index in [0.29, 0.717) is 0 Å². The van der Waals surface area contributed by atoms with Crippen molar-refractivity contribution in [3.63, 3.8) is 0 Å². The second-order valence-corrected chi connectivity index (χ2v) is 2.44. The fourth-order valence-electron chi connectivity index (χ4n) is 0.319. The van der Waals surface area contributed by atoms with Gasteiger partial charge >= 0.3 is 0 Å². The van der Waals surface area contributed by atoms with Gasteiger partial charge in [-0.3, -0.25) is 0 Å². The molecule has 0 saturated carbocycles. The highest BCUT2D eigenvalue weighted by Crippen LogP contribution is 1.80. The monoisotopic (exact) mass is 155 g/mol. The first kappa shape index (κ1) is 12.9. The summed E-state index contributed by atoms with van der Waals surface area (Å²) >= 11 is 0. The summed E-state index contributed by atoms with van der Waals surface area (Å²) in [5.74, 6) is 0. The highest BCUT2D eigenvalue weighted by atomic mass is 14.8. The summed E-state index contributed by atoms with van der Waals surface area (Å²) in [4.78, 5) is 0. The number of hydrogen-bond acceptors (Lipinski definition) is 1. The Bertz CT molecular complexity index is 103. The molecule has 0 heterocycles. The molecule has 0 radical (unpaired) electrons. The highest BCUT2D eigenvalue weighted by Gasteiger charge is 1.70. The van der Waals surface area contributed by atoms with Gasteiger partial charge in [-0.25, -0.2) is 0 Å². The van der Waals surface area contributed by atoms with E-state index in [9.17, 15) is 0 Å². The van der Waals surface area contributed by atoms with Crippen LogP contribution in [0.25, 0.3) is 0 Å².